The minimum absolute atomic E-state index is 0.0281. The molecule has 146 valence electrons. The van der Waals surface area contributed by atoms with Crippen molar-refractivity contribution in [1.29, 1.82) is 0 Å². The molecule has 0 N–H and O–H groups in total. The van der Waals surface area contributed by atoms with Gasteiger partial charge >= 0.3 is 0 Å². The van der Waals surface area contributed by atoms with Gasteiger partial charge in [-0.2, -0.15) is 0 Å². The first-order chi connectivity index (χ1) is 13.2. The standard InChI is InChI=1S/C26H30O2/c1-17-13-23(14-18(2)21(17)5)7-9-25(27)11-12-26(28)10-8-24-15-19(3)22(6)20(4)16-24/h7-10,13-16H,11-12H2,1-6H3/b9-7+,10-8+. The Morgan fingerprint density at radius 2 is 0.893 bits per heavy atom. The molecule has 0 saturated carbocycles. The van der Waals surface area contributed by atoms with E-state index < -0.39 is 0 Å². The van der Waals surface area contributed by atoms with Crippen LogP contribution in [-0.4, -0.2) is 11.6 Å². The fourth-order valence-corrected chi connectivity index (χ4v) is 3.12. The first-order valence-electron chi connectivity index (χ1n) is 9.75. The molecule has 0 radical (unpaired) electrons. The normalized spacial score (nSPS) is 11.5. The molecule has 2 aromatic rings. The summed E-state index contributed by atoms with van der Waals surface area (Å²) < 4.78 is 0. The summed E-state index contributed by atoms with van der Waals surface area (Å²) in [4.78, 5) is 24.2. The number of aryl methyl sites for hydroxylation is 4. The number of hydrogen-bond donors (Lipinski definition) is 0. The molecule has 0 amide bonds. The molecule has 0 aromatic heterocycles. The summed E-state index contributed by atoms with van der Waals surface area (Å²) in [5, 5.41) is 0. The average molecular weight is 375 g/mol. The van der Waals surface area contributed by atoms with E-state index in [1.165, 1.54) is 33.4 Å². The lowest BCUT2D eigenvalue weighted by Crippen LogP contribution is -1.99. The molecule has 0 fully saturated rings. The molecular weight excluding hydrogens is 344 g/mol. The molecule has 2 rings (SSSR count). The maximum absolute atomic E-state index is 12.1. The third-order valence-electron chi connectivity index (χ3n) is 5.44. The number of rotatable bonds is 7. The van der Waals surface area contributed by atoms with Gasteiger partial charge in [0.15, 0.2) is 11.6 Å². The van der Waals surface area contributed by atoms with Crippen LogP contribution in [0.1, 0.15) is 57.3 Å². The molecule has 0 atom stereocenters. The van der Waals surface area contributed by atoms with E-state index in [0.29, 0.717) is 0 Å². The lowest BCUT2D eigenvalue weighted by Gasteiger charge is -2.06. The van der Waals surface area contributed by atoms with Crippen LogP contribution >= 0.6 is 0 Å². The first-order valence-corrected chi connectivity index (χ1v) is 9.75. The number of ketones is 2. The highest BCUT2D eigenvalue weighted by Crippen LogP contribution is 2.17. The highest BCUT2D eigenvalue weighted by molar-refractivity contribution is 5.99. The topological polar surface area (TPSA) is 34.1 Å². The predicted molar refractivity (Wildman–Crippen MR) is 119 cm³/mol. The summed E-state index contributed by atoms with van der Waals surface area (Å²) in [7, 11) is 0. The van der Waals surface area contributed by atoms with Gasteiger partial charge in [-0.1, -0.05) is 36.4 Å². The second kappa shape index (κ2) is 9.45. The molecule has 0 unspecified atom stereocenters. The lowest BCUT2D eigenvalue weighted by molar-refractivity contribution is -0.119. The Balaban J connectivity index is 1.91. The van der Waals surface area contributed by atoms with Crippen LogP contribution in [0.15, 0.2) is 36.4 Å². The Labute approximate surface area is 169 Å². The van der Waals surface area contributed by atoms with Crippen molar-refractivity contribution in [2.24, 2.45) is 0 Å². The van der Waals surface area contributed by atoms with Crippen LogP contribution in [0, 0.1) is 41.5 Å². The largest absolute Gasteiger partial charge is 0.295 e. The zero-order valence-electron chi connectivity index (χ0n) is 17.8. The van der Waals surface area contributed by atoms with E-state index in [4.69, 9.17) is 0 Å². The summed E-state index contributed by atoms with van der Waals surface area (Å²) in [6, 6.07) is 8.30. The fourth-order valence-electron chi connectivity index (χ4n) is 3.12. The first kappa shape index (κ1) is 21.6. The zero-order valence-corrected chi connectivity index (χ0v) is 17.8. The maximum atomic E-state index is 12.1. The highest BCUT2D eigenvalue weighted by Gasteiger charge is 2.04. The summed E-state index contributed by atoms with van der Waals surface area (Å²) in [5.41, 5.74) is 9.46. The number of benzene rings is 2. The van der Waals surface area contributed by atoms with E-state index in [1.807, 2.05) is 12.2 Å². The Hall–Kier alpha value is -2.74. The monoisotopic (exact) mass is 374 g/mol. The average Bonchev–Trinajstić information content (AvgIpc) is 2.65. The molecule has 0 aliphatic heterocycles. The van der Waals surface area contributed by atoms with Gasteiger partial charge in [-0.15, -0.1) is 0 Å². The van der Waals surface area contributed by atoms with Gasteiger partial charge in [-0.3, -0.25) is 9.59 Å². The Morgan fingerprint density at radius 1 is 0.607 bits per heavy atom. The van der Waals surface area contributed by atoms with E-state index in [-0.39, 0.29) is 24.4 Å². The third-order valence-corrected chi connectivity index (χ3v) is 5.44. The highest BCUT2D eigenvalue weighted by atomic mass is 16.1. The Morgan fingerprint density at radius 3 is 1.18 bits per heavy atom. The smallest absolute Gasteiger partial charge is 0.156 e. The molecule has 2 heteroatoms. The molecule has 2 aromatic carbocycles. The van der Waals surface area contributed by atoms with E-state index in [2.05, 4.69) is 65.8 Å². The minimum Gasteiger partial charge on any atom is -0.295 e. The zero-order chi connectivity index (χ0) is 20.8. The molecule has 0 heterocycles. The van der Waals surface area contributed by atoms with E-state index in [0.717, 1.165) is 11.1 Å². The maximum Gasteiger partial charge on any atom is 0.156 e. The van der Waals surface area contributed by atoms with Gasteiger partial charge in [0, 0.05) is 12.8 Å². The summed E-state index contributed by atoms with van der Waals surface area (Å²) in [5.74, 6) is -0.0562. The summed E-state index contributed by atoms with van der Waals surface area (Å²) >= 11 is 0. The van der Waals surface area contributed by atoms with Crippen LogP contribution in [0.3, 0.4) is 0 Å². The van der Waals surface area contributed by atoms with E-state index in [9.17, 15) is 9.59 Å². The molecule has 28 heavy (non-hydrogen) atoms. The van der Waals surface area contributed by atoms with Crippen LogP contribution in [0.5, 0.6) is 0 Å². The quantitative estimate of drug-likeness (QED) is 0.542. The molecule has 0 bridgehead atoms. The molecular formula is C26H30O2. The van der Waals surface area contributed by atoms with Crippen LogP contribution in [0.25, 0.3) is 12.2 Å². The van der Waals surface area contributed by atoms with Crippen LogP contribution in [-0.2, 0) is 9.59 Å². The van der Waals surface area contributed by atoms with Crippen LogP contribution < -0.4 is 0 Å². The van der Waals surface area contributed by atoms with Gasteiger partial charge in [0.1, 0.15) is 0 Å². The number of carbonyl (C=O) groups is 2. The molecule has 0 spiro atoms. The van der Waals surface area contributed by atoms with Gasteiger partial charge < -0.3 is 0 Å². The van der Waals surface area contributed by atoms with Gasteiger partial charge in [-0.05, 0) is 98.2 Å². The van der Waals surface area contributed by atoms with Crippen LogP contribution in [0.2, 0.25) is 0 Å². The van der Waals surface area contributed by atoms with Crippen molar-refractivity contribution in [3.8, 4) is 0 Å². The van der Waals surface area contributed by atoms with Crippen molar-refractivity contribution in [3.63, 3.8) is 0 Å². The number of hydrogen-bond acceptors (Lipinski definition) is 2. The lowest BCUT2D eigenvalue weighted by atomic mass is 9.99. The van der Waals surface area contributed by atoms with Crippen molar-refractivity contribution in [2.75, 3.05) is 0 Å². The fraction of sp³-hybridized carbons (Fsp3) is 0.308. The van der Waals surface area contributed by atoms with E-state index >= 15 is 0 Å². The molecule has 0 saturated heterocycles. The van der Waals surface area contributed by atoms with Gasteiger partial charge in [-0.25, -0.2) is 0 Å². The minimum atomic E-state index is -0.0281. The second-order valence-electron chi connectivity index (χ2n) is 7.66. The number of carbonyl (C=O) groups excluding carboxylic acids is 2. The van der Waals surface area contributed by atoms with Crippen molar-refractivity contribution in [2.45, 2.75) is 54.4 Å². The van der Waals surface area contributed by atoms with Gasteiger partial charge in [0.05, 0.1) is 0 Å². The van der Waals surface area contributed by atoms with Crippen molar-refractivity contribution in [1.82, 2.24) is 0 Å². The molecule has 0 aliphatic carbocycles. The van der Waals surface area contributed by atoms with Crippen molar-refractivity contribution < 1.29 is 9.59 Å². The van der Waals surface area contributed by atoms with Gasteiger partial charge in [0.25, 0.3) is 0 Å². The predicted octanol–water partition coefficient (Wildman–Crippen LogP) is 6.18. The molecule has 2 nitrogen and oxygen atoms in total. The number of allylic oxidation sites excluding steroid dienone is 2. The summed E-state index contributed by atoms with van der Waals surface area (Å²) in [6.07, 6.45) is 7.28. The van der Waals surface area contributed by atoms with E-state index in [1.54, 1.807) is 12.2 Å². The summed E-state index contributed by atoms with van der Waals surface area (Å²) in [6.45, 7) is 12.5. The second-order valence-corrected chi connectivity index (χ2v) is 7.66. The Bertz CT molecular complexity index is 833. The Kier molecular flexibility index (Phi) is 7.28. The van der Waals surface area contributed by atoms with Crippen LogP contribution in [0.4, 0.5) is 0 Å². The van der Waals surface area contributed by atoms with Crippen molar-refractivity contribution >= 4 is 23.7 Å². The van der Waals surface area contributed by atoms with Gasteiger partial charge in [0.2, 0.25) is 0 Å². The SMILES string of the molecule is Cc1cc(/C=C/C(=O)CCC(=O)/C=C/c2cc(C)c(C)c(C)c2)cc(C)c1C. The third kappa shape index (κ3) is 5.88. The van der Waals surface area contributed by atoms with Crippen molar-refractivity contribution in [3.05, 3.63) is 80.9 Å². The molecule has 0 aliphatic rings.